The molecular weight excluding hydrogens is 354 g/mol. The Labute approximate surface area is 163 Å². The molecule has 1 N–H and O–H groups in total. The minimum absolute atomic E-state index is 0.278. The SMILES string of the molecule is COc1ccccc1C(=O)OCC(=O)NC(c1ccccc1)c1ccccc1. The van der Waals surface area contributed by atoms with Crippen LogP contribution in [0.3, 0.4) is 0 Å². The predicted octanol–water partition coefficient (Wildman–Crippen LogP) is 3.76. The Kier molecular flexibility index (Phi) is 6.41. The fourth-order valence-corrected chi connectivity index (χ4v) is 2.87. The van der Waals surface area contributed by atoms with Gasteiger partial charge in [0.1, 0.15) is 11.3 Å². The van der Waals surface area contributed by atoms with Gasteiger partial charge in [-0.3, -0.25) is 4.79 Å². The minimum atomic E-state index is -0.608. The molecule has 0 radical (unpaired) electrons. The van der Waals surface area contributed by atoms with Crippen LogP contribution in [0.4, 0.5) is 0 Å². The molecule has 0 spiro atoms. The number of benzene rings is 3. The van der Waals surface area contributed by atoms with Crippen LogP contribution in [0.1, 0.15) is 27.5 Å². The molecule has 3 aromatic rings. The van der Waals surface area contributed by atoms with E-state index < -0.39 is 5.97 Å². The van der Waals surface area contributed by atoms with Crippen molar-refractivity contribution in [3.8, 4) is 5.75 Å². The number of hydrogen-bond acceptors (Lipinski definition) is 4. The van der Waals surface area contributed by atoms with E-state index in [1.807, 2.05) is 60.7 Å². The lowest BCUT2D eigenvalue weighted by Gasteiger charge is -2.20. The minimum Gasteiger partial charge on any atom is -0.496 e. The van der Waals surface area contributed by atoms with Gasteiger partial charge in [0.15, 0.2) is 6.61 Å². The molecule has 0 aromatic heterocycles. The van der Waals surface area contributed by atoms with Crippen LogP contribution in [-0.4, -0.2) is 25.6 Å². The van der Waals surface area contributed by atoms with Gasteiger partial charge >= 0.3 is 5.97 Å². The number of hydrogen-bond donors (Lipinski definition) is 1. The largest absolute Gasteiger partial charge is 0.496 e. The fourth-order valence-electron chi connectivity index (χ4n) is 2.87. The molecule has 5 heteroatoms. The molecule has 5 nitrogen and oxygen atoms in total. The summed E-state index contributed by atoms with van der Waals surface area (Å²) in [5.41, 5.74) is 2.16. The molecule has 1 amide bonds. The van der Waals surface area contributed by atoms with Crippen molar-refractivity contribution < 1.29 is 19.1 Å². The Hall–Kier alpha value is -3.60. The molecule has 142 valence electrons. The second-order valence-electron chi connectivity index (χ2n) is 6.10. The van der Waals surface area contributed by atoms with Gasteiger partial charge in [-0.25, -0.2) is 4.79 Å². The summed E-state index contributed by atoms with van der Waals surface area (Å²) in [5.74, 6) is -0.594. The number of methoxy groups -OCH3 is 1. The fraction of sp³-hybridized carbons (Fsp3) is 0.130. The smallest absolute Gasteiger partial charge is 0.342 e. The number of ether oxygens (including phenoxy) is 2. The van der Waals surface area contributed by atoms with Crippen LogP contribution in [0, 0.1) is 0 Å². The number of carbonyl (C=O) groups excluding carboxylic acids is 2. The number of carbonyl (C=O) groups is 2. The Morgan fingerprint density at radius 3 is 1.93 bits per heavy atom. The Bertz CT molecular complexity index is 886. The first kappa shape index (κ1) is 19.2. The summed E-state index contributed by atoms with van der Waals surface area (Å²) < 4.78 is 10.3. The third-order valence-electron chi connectivity index (χ3n) is 4.23. The maximum absolute atomic E-state index is 12.5. The first-order chi connectivity index (χ1) is 13.7. The highest BCUT2D eigenvalue weighted by Crippen LogP contribution is 2.22. The van der Waals surface area contributed by atoms with E-state index >= 15 is 0 Å². The van der Waals surface area contributed by atoms with E-state index in [1.165, 1.54) is 7.11 Å². The van der Waals surface area contributed by atoms with E-state index in [-0.39, 0.29) is 24.1 Å². The third kappa shape index (κ3) is 4.76. The van der Waals surface area contributed by atoms with E-state index in [0.717, 1.165) is 11.1 Å². The average molecular weight is 375 g/mol. The second-order valence-corrected chi connectivity index (χ2v) is 6.10. The van der Waals surface area contributed by atoms with Gasteiger partial charge in [0.25, 0.3) is 5.91 Å². The van der Waals surface area contributed by atoms with E-state index in [1.54, 1.807) is 24.3 Å². The summed E-state index contributed by atoms with van der Waals surface area (Å²) in [4.78, 5) is 24.7. The molecule has 0 unspecified atom stereocenters. The van der Waals surface area contributed by atoms with Crippen molar-refractivity contribution in [1.29, 1.82) is 0 Å². The highest BCUT2D eigenvalue weighted by Gasteiger charge is 2.19. The maximum atomic E-state index is 12.5. The van der Waals surface area contributed by atoms with Crippen molar-refractivity contribution in [3.05, 3.63) is 102 Å². The number of amides is 1. The average Bonchev–Trinajstić information content (AvgIpc) is 2.77. The van der Waals surface area contributed by atoms with Gasteiger partial charge < -0.3 is 14.8 Å². The zero-order valence-electron chi connectivity index (χ0n) is 15.5. The molecule has 0 heterocycles. The second kappa shape index (κ2) is 9.37. The van der Waals surface area contributed by atoms with Crippen molar-refractivity contribution in [2.24, 2.45) is 0 Å². The molecule has 3 rings (SSSR count). The van der Waals surface area contributed by atoms with Crippen LogP contribution >= 0.6 is 0 Å². The van der Waals surface area contributed by atoms with Gasteiger partial charge in [-0.1, -0.05) is 72.8 Å². The first-order valence-electron chi connectivity index (χ1n) is 8.88. The predicted molar refractivity (Wildman–Crippen MR) is 106 cm³/mol. The van der Waals surface area contributed by atoms with E-state index in [9.17, 15) is 9.59 Å². The summed E-state index contributed by atoms with van der Waals surface area (Å²) in [6.07, 6.45) is 0. The third-order valence-corrected chi connectivity index (χ3v) is 4.23. The van der Waals surface area contributed by atoms with Crippen molar-refractivity contribution in [3.63, 3.8) is 0 Å². The highest BCUT2D eigenvalue weighted by atomic mass is 16.5. The van der Waals surface area contributed by atoms with Gasteiger partial charge in [-0.15, -0.1) is 0 Å². The topological polar surface area (TPSA) is 64.6 Å². The Morgan fingerprint density at radius 2 is 1.36 bits per heavy atom. The van der Waals surface area contributed by atoms with Crippen LogP contribution in [0.2, 0.25) is 0 Å². The van der Waals surface area contributed by atoms with Gasteiger partial charge in [-0.05, 0) is 23.3 Å². The standard InChI is InChI=1S/C23H21NO4/c1-27-20-15-9-8-14-19(20)23(26)28-16-21(25)24-22(17-10-4-2-5-11-17)18-12-6-3-7-13-18/h2-15,22H,16H2,1H3,(H,24,25). The summed E-state index contributed by atoms with van der Waals surface area (Å²) in [6, 6.07) is 25.7. The molecule has 0 saturated heterocycles. The Morgan fingerprint density at radius 1 is 0.821 bits per heavy atom. The summed E-state index contributed by atoms with van der Waals surface area (Å²) >= 11 is 0. The number of nitrogens with one attached hydrogen (secondary N) is 1. The molecule has 28 heavy (non-hydrogen) atoms. The molecule has 0 aliphatic carbocycles. The van der Waals surface area contributed by atoms with Crippen molar-refractivity contribution in [2.45, 2.75) is 6.04 Å². The van der Waals surface area contributed by atoms with Crippen LogP contribution < -0.4 is 10.1 Å². The number of rotatable bonds is 7. The van der Waals surface area contributed by atoms with Gasteiger partial charge in [0.2, 0.25) is 0 Å². The summed E-state index contributed by atoms with van der Waals surface area (Å²) in [7, 11) is 1.48. The van der Waals surface area contributed by atoms with Crippen LogP contribution in [0.25, 0.3) is 0 Å². The molecular formula is C23H21NO4. The van der Waals surface area contributed by atoms with E-state index in [2.05, 4.69) is 5.32 Å². The van der Waals surface area contributed by atoms with E-state index in [0.29, 0.717) is 5.75 Å². The van der Waals surface area contributed by atoms with Crippen LogP contribution in [0.5, 0.6) is 5.75 Å². The highest BCUT2D eigenvalue weighted by molar-refractivity contribution is 5.94. The summed E-state index contributed by atoms with van der Waals surface area (Å²) in [6.45, 7) is -0.382. The lowest BCUT2D eigenvalue weighted by atomic mass is 9.99. The zero-order valence-corrected chi connectivity index (χ0v) is 15.5. The van der Waals surface area contributed by atoms with Crippen LogP contribution in [-0.2, 0) is 9.53 Å². The zero-order chi connectivity index (χ0) is 19.8. The lowest BCUT2D eigenvalue weighted by Crippen LogP contribution is -2.33. The first-order valence-corrected chi connectivity index (χ1v) is 8.88. The molecule has 0 atom stereocenters. The molecule has 3 aromatic carbocycles. The Balaban J connectivity index is 1.68. The quantitative estimate of drug-likeness (QED) is 0.639. The normalized spacial score (nSPS) is 10.4. The monoisotopic (exact) mass is 375 g/mol. The van der Waals surface area contributed by atoms with Gasteiger partial charge in [0, 0.05) is 0 Å². The maximum Gasteiger partial charge on any atom is 0.342 e. The molecule has 0 aliphatic rings. The lowest BCUT2D eigenvalue weighted by molar-refractivity contribution is -0.124. The molecule has 0 saturated carbocycles. The van der Waals surface area contributed by atoms with Crippen molar-refractivity contribution in [2.75, 3.05) is 13.7 Å². The van der Waals surface area contributed by atoms with E-state index in [4.69, 9.17) is 9.47 Å². The molecule has 0 bridgehead atoms. The van der Waals surface area contributed by atoms with Crippen molar-refractivity contribution >= 4 is 11.9 Å². The van der Waals surface area contributed by atoms with Crippen molar-refractivity contribution in [1.82, 2.24) is 5.32 Å². The molecule has 0 fully saturated rings. The van der Waals surface area contributed by atoms with Gasteiger partial charge in [0.05, 0.1) is 13.2 Å². The molecule has 0 aliphatic heterocycles. The number of esters is 1. The van der Waals surface area contributed by atoms with Crippen LogP contribution in [0.15, 0.2) is 84.9 Å². The number of para-hydroxylation sites is 1. The summed E-state index contributed by atoms with van der Waals surface area (Å²) in [5, 5.41) is 2.94. The van der Waals surface area contributed by atoms with Gasteiger partial charge in [-0.2, -0.15) is 0 Å².